The van der Waals surface area contributed by atoms with Crippen LogP contribution in [0.25, 0.3) is 0 Å². The number of nitrogens with one attached hydrogen (secondary N) is 2. The van der Waals surface area contributed by atoms with Gasteiger partial charge in [0, 0.05) is 18.6 Å². The molecule has 1 aliphatic rings. The van der Waals surface area contributed by atoms with Gasteiger partial charge in [0.15, 0.2) is 0 Å². The van der Waals surface area contributed by atoms with Crippen LogP contribution in [-0.4, -0.2) is 30.3 Å². The van der Waals surface area contributed by atoms with Crippen LogP contribution in [0.15, 0.2) is 0 Å². The Morgan fingerprint density at radius 1 is 1.31 bits per heavy atom. The van der Waals surface area contributed by atoms with Crippen molar-refractivity contribution in [3.05, 3.63) is 0 Å². The number of amides is 1. The molecule has 0 radical (unpaired) electrons. The number of alkyl carbamates (subject to hydrolysis) is 1. The minimum absolute atomic E-state index is 0.301. The third-order valence-electron chi connectivity index (χ3n) is 2.80. The molecule has 2 N–H and O–H groups in total. The largest absolute Gasteiger partial charge is 0.444 e. The van der Waals surface area contributed by atoms with E-state index in [0.717, 1.165) is 6.54 Å². The van der Waals surface area contributed by atoms with Crippen LogP contribution in [0.2, 0.25) is 0 Å². The molecule has 0 aliphatic heterocycles. The van der Waals surface area contributed by atoms with Gasteiger partial charge in [0.05, 0.1) is 0 Å². The first kappa shape index (κ1) is 13.3. The summed E-state index contributed by atoms with van der Waals surface area (Å²) in [5.41, 5.74) is -0.118. The number of rotatable bonds is 4. The lowest BCUT2D eigenvalue weighted by Crippen LogP contribution is -2.50. The fraction of sp³-hybridized carbons (Fsp3) is 0.917. The highest BCUT2D eigenvalue weighted by Gasteiger charge is 2.30. The van der Waals surface area contributed by atoms with E-state index in [1.54, 1.807) is 0 Å². The second-order valence-corrected chi connectivity index (χ2v) is 5.77. The molecule has 4 nitrogen and oxygen atoms in total. The molecule has 0 aromatic rings. The fourth-order valence-electron chi connectivity index (χ4n) is 1.73. The summed E-state index contributed by atoms with van der Waals surface area (Å²) in [6, 6.07) is 0. The maximum Gasteiger partial charge on any atom is 0.407 e. The lowest BCUT2D eigenvalue weighted by Gasteiger charge is -2.39. The predicted molar refractivity (Wildman–Crippen MR) is 64.5 cm³/mol. The molecule has 0 atom stereocenters. The number of carbonyl (C=O) groups excluding carboxylic acids is 1. The van der Waals surface area contributed by atoms with Crippen molar-refractivity contribution in [1.82, 2.24) is 10.6 Å². The molecule has 94 valence electrons. The van der Waals surface area contributed by atoms with E-state index in [-0.39, 0.29) is 6.09 Å². The van der Waals surface area contributed by atoms with E-state index in [1.165, 1.54) is 19.3 Å². The second-order valence-electron chi connectivity index (χ2n) is 5.77. The summed E-state index contributed by atoms with van der Waals surface area (Å²) < 4.78 is 5.13. The van der Waals surface area contributed by atoms with E-state index in [1.807, 2.05) is 20.8 Å². The molecule has 0 spiro atoms. The quantitative estimate of drug-likeness (QED) is 0.724. The van der Waals surface area contributed by atoms with Gasteiger partial charge in [-0.15, -0.1) is 0 Å². The lowest BCUT2D eigenvalue weighted by atomic mass is 9.78. The van der Waals surface area contributed by atoms with Crippen LogP contribution in [0, 0.1) is 0 Å². The van der Waals surface area contributed by atoms with Crippen molar-refractivity contribution in [2.75, 3.05) is 13.1 Å². The van der Waals surface area contributed by atoms with Crippen molar-refractivity contribution in [2.24, 2.45) is 0 Å². The second kappa shape index (κ2) is 5.04. The molecule has 1 rings (SSSR count). The Morgan fingerprint density at radius 2 is 1.94 bits per heavy atom. The molecule has 0 unspecified atom stereocenters. The highest BCUT2D eigenvalue weighted by atomic mass is 16.6. The van der Waals surface area contributed by atoms with Crippen molar-refractivity contribution in [2.45, 2.75) is 58.1 Å². The maximum atomic E-state index is 11.3. The zero-order valence-electron chi connectivity index (χ0n) is 10.9. The molecule has 0 bridgehead atoms. The number of carbonyl (C=O) groups is 1. The van der Waals surface area contributed by atoms with Crippen molar-refractivity contribution < 1.29 is 9.53 Å². The van der Waals surface area contributed by atoms with Crippen LogP contribution < -0.4 is 10.6 Å². The molecule has 0 aromatic carbocycles. The molecule has 4 heteroatoms. The first-order chi connectivity index (χ1) is 7.31. The molecular weight excluding hydrogens is 204 g/mol. The topological polar surface area (TPSA) is 50.4 Å². The summed E-state index contributed by atoms with van der Waals surface area (Å²) in [6.45, 7) is 9.23. The Hall–Kier alpha value is -0.770. The van der Waals surface area contributed by atoms with Crippen LogP contribution in [0.5, 0.6) is 0 Å². The van der Waals surface area contributed by atoms with E-state index in [2.05, 4.69) is 17.6 Å². The molecule has 0 aromatic heterocycles. The van der Waals surface area contributed by atoms with Gasteiger partial charge in [0.25, 0.3) is 0 Å². The number of hydrogen-bond acceptors (Lipinski definition) is 3. The Balaban J connectivity index is 2.04. The molecule has 1 amide bonds. The molecule has 1 aliphatic carbocycles. The van der Waals surface area contributed by atoms with E-state index in [4.69, 9.17) is 4.74 Å². The Bertz CT molecular complexity index is 242. The van der Waals surface area contributed by atoms with Gasteiger partial charge in [-0.1, -0.05) is 0 Å². The van der Waals surface area contributed by atoms with Gasteiger partial charge in [0.2, 0.25) is 0 Å². The minimum Gasteiger partial charge on any atom is -0.444 e. The Kier molecular flexibility index (Phi) is 4.19. The third-order valence-corrected chi connectivity index (χ3v) is 2.80. The Morgan fingerprint density at radius 3 is 2.38 bits per heavy atom. The molecular formula is C12H24N2O2. The smallest absolute Gasteiger partial charge is 0.407 e. The summed E-state index contributed by atoms with van der Waals surface area (Å²) in [4.78, 5) is 11.3. The van der Waals surface area contributed by atoms with E-state index in [0.29, 0.717) is 12.1 Å². The van der Waals surface area contributed by atoms with Gasteiger partial charge in [-0.25, -0.2) is 4.79 Å². The van der Waals surface area contributed by atoms with E-state index < -0.39 is 5.60 Å². The SMILES string of the molecule is CC1(NCCNC(=O)OC(C)(C)C)CCC1. The maximum absolute atomic E-state index is 11.3. The number of hydrogen-bond donors (Lipinski definition) is 2. The van der Waals surface area contributed by atoms with E-state index in [9.17, 15) is 4.79 Å². The summed E-state index contributed by atoms with van der Waals surface area (Å²) in [5, 5.41) is 6.18. The van der Waals surface area contributed by atoms with Crippen LogP contribution in [0.3, 0.4) is 0 Å². The standard InChI is InChI=1S/C12H24N2O2/c1-11(2,3)16-10(15)13-8-9-14-12(4)6-5-7-12/h14H,5-9H2,1-4H3,(H,13,15). The molecule has 0 heterocycles. The van der Waals surface area contributed by atoms with Crippen molar-refractivity contribution in [3.63, 3.8) is 0 Å². The van der Waals surface area contributed by atoms with Crippen LogP contribution >= 0.6 is 0 Å². The zero-order chi connectivity index (χ0) is 12.2. The monoisotopic (exact) mass is 228 g/mol. The first-order valence-electron chi connectivity index (χ1n) is 6.03. The molecule has 1 fully saturated rings. The van der Waals surface area contributed by atoms with Gasteiger partial charge in [-0.2, -0.15) is 0 Å². The molecule has 0 saturated heterocycles. The van der Waals surface area contributed by atoms with Crippen LogP contribution in [-0.2, 0) is 4.74 Å². The van der Waals surface area contributed by atoms with Crippen molar-refractivity contribution in [1.29, 1.82) is 0 Å². The normalized spacial score (nSPS) is 18.8. The number of ether oxygens (including phenoxy) is 1. The summed E-state index contributed by atoms with van der Waals surface area (Å²) in [5.74, 6) is 0. The van der Waals surface area contributed by atoms with Crippen molar-refractivity contribution in [3.8, 4) is 0 Å². The zero-order valence-corrected chi connectivity index (χ0v) is 10.9. The molecule has 1 saturated carbocycles. The van der Waals surface area contributed by atoms with Crippen LogP contribution in [0.4, 0.5) is 4.79 Å². The highest BCUT2D eigenvalue weighted by Crippen LogP contribution is 2.30. The summed E-state index contributed by atoms with van der Waals surface area (Å²) >= 11 is 0. The average Bonchev–Trinajstić information content (AvgIpc) is 2.06. The van der Waals surface area contributed by atoms with Gasteiger partial charge >= 0.3 is 6.09 Å². The van der Waals surface area contributed by atoms with E-state index >= 15 is 0 Å². The van der Waals surface area contributed by atoms with Gasteiger partial charge in [-0.3, -0.25) is 0 Å². The Labute approximate surface area is 98.1 Å². The minimum atomic E-state index is -0.419. The molecule has 16 heavy (non-hydrogen) atoms. The first-order valence-corrected chi connectivity index (χ1v) is 6.03. The van der Waals surface area contributed by atoms with Gasteiger partial charge in [-0.05, 0) is 47.0 Å². The lowest BCUT2D eigenvalue weighted by molar-refractivity contribution is 0.0525. The summed E-state index contributed by atoms with van der Waals surface area (Å²) in [6.07, 6.45) is 3.44. The van der Waals surface area contributed by atoms with Gasteiger partial charge in [0.1, 0.15) is 5.60 Å². The predicted octanol–water partition coefficient (Wildman–Crippen LogP) is 2.04. The fourth-order valence-corrected chi connectivity index (χ4v) is 1.73. The van der Waals surface area contributed by atoms with Gasteiger partial charge < -0.3 is 15.4 Å². The van der Waals surface area contributed by atoms with Crippen LogP contribution in [0.1, 0.15) is 47.0 Å². The average molecular weight is 228 g/mol. The third kappa shape index (κ3) is 4.84. The summed E-state index contributed by atoms with van der Waals surface area (Å²) in [7, 11) is 0. The highest BCUT2D eigenvalue weighted by molar-refractivity contribution is 5.67. The van der Waals surface area contributed by atoms with Crippen molar-refractivity contribution >= 4 is 6.09 Å².